The van der Waals surface area contributed by atoms with Crippen LogP contribution in [0.2, 0.25) is 0 Å². The number of nitrogens with zero attached hydrogens (tertiary/aromatic N) is 2. The van der Waals surface area contributed by atoms with Crippen LogP contribution in [0.15, 0.2) is 162 Å². The van der Waals surface area contributed by atoms with Crippen molar-refractivity contribution in [3.05, 3.63) is 158 Å². The zero-order chi connectivity index (χ0) is 29.0. The molecule has 0 saturated heterocycles. The summed E-state index contributed by atoms with van der Waals surface area (Å²) in [5.41, 5.74) is 10.6. The molecule has 9 aromatic rings. The van der Waals surface area contributed by atoms with Gasteiger partial charge < -0.3 is 4.42 Å². The molecule has 0 radical (unpaired) electrons. The Morgan fingerprint density at radius 1 is 0.477 bits per heavy atom. The van der Waals surface area contributed by atoms with E-state index in [0.29, 0.717) is 0 Å². The average Bonchev–Trinajstić information content (AvgIpc) is 3.66. The molecule has 0 aliphatic carbocycles. The summed E-state index contributed by atoms with van der Waals surface area (Å²) < 4.78 is 8.78. The molecule has 7 aromatic carbocycles. The molecule has 44 heavy (non-hydrogen) atoms. The summed E-state index contributed by atoms with van der Waals surface area (Å²) in [7, 11) is 0. The Bertz CT molecular complexity index is 2470. The van der Waals surface area contributed by atoms with Crippen LogP contribution >= 0.6 is 0 Å². The molecule has 0 bridgehead atoms. The van der Waals surface area contributed by atoms with Gasteiger partial charge in [0.15, 0.2) is 0 Å². The molecule has 0 unspecified atom stereocenters. The number of benzene rings is 7. The first-order chi connectivity index (χ1) is 21.8. The molecule has 0 aliphatic heterocycles. The van der Waals surface area contributed by atoms with Gasteiger partial charge in [-0.05, 0) is 63.9 Å². The molecule has 206 valence electrons. The SMILES string of the molecule is c1ccc(-c2ccc3c(c2)nc(-c2ccccc2)n3-c2ccc(-c3c4ccccc4cc4c3oc3ccccc34)cc2)cc1. The van der Waals surface area contributed by atoms with E-state index in [9.17, 15) is 0 Å². The lowest BCUT2D eigenvalue weighted by Crippen LogP contribution is -1.97. The van der Waals surface area contributed by atoms with Crippen LogP contribution in [0.3, 0.4) is 0 Å². The summed E-state index contributed by atoms with van der Waals surface area (Å²) in [5, 5.41) is 4.66. The minimum absolute atomic E-state index is 0.905. The van der Waals surface area contributed by atoms with E-state index >= 15 is 0 Å². The number of para-hydroxylation sites is 1. The first-order valence-electron chi connectivity index (χ1n) is 14.9. The first-order valence-corrected chi connectivity index (χ1v) is 14.9. The highest BCUT2D eigenvalue weighted by Crippen LogP contribution is 2.41. The maximum atomic E-state index is 6.52. The summed E-state index contributed by atoms with van der Waals surface area (Å²) >= 11 is 0. The van der Waals surface area contributed by atoms with Gasteiger partial charge in [0.05, 0.1) is 11.0 Å². The van der Waals surface area contributed by atoms with Crippen LogP contribution in [0.1, 0.15) is 0 Å². The number of rotatable bonds is 4. The zero-order valence-electron chi connectivity index (χ0n) is 23.8. The van der Waals surface area contributed by atoms with Crippen molar-refractivity contribution in [2.24, 2.45) is 0 Å². The maximum Gasteiger partial charge on any atom is 0.145 e. The highest BCUT2D eigenvalue weighted by atomic mass is 16.3. The van der Waals surface area contributed by atoms with Gasteiger partial charge >= 0.3 is 0 Å². The molecule has 0 N–H and O–H groups in total. The molecule has 0 fully saturated rings. The lowest BCUT2D eigenvalue weighted by molar-refractivity contribution is 0.670. The van der Waals surface area contributed by atoms with Crippen LogP contribution in [0.4, 0.5) is 0 Å². The Morgan fingerprint density at radius 3 is 1.93 bits per heavy atom. The van der Waals surface area contributed by atoms with Gasteiger partial charge in [-0.3, -0.25) is 4.57 Å². The molecule has 2 aromatic heterocycles. The van der Waals surface area contributed by atoms with E-state index in [0.717, 1.165) is 66.7 Å². The molecular weight excluding hydrogens is 536 g/mol. The number of fused-ring (bicyclic) bond motifs is 5. The predicted molar refractivity (Wildman–Crippen MR) is 182 cm³/mol. The second-order valence-electron chi connectivity index (χ2n) is 11.2. The first kappa shape index (κ1) is 24.6. The van der Waals surface area contributed by atoms with Crippen LogP contribution < -0.4 is 0 Å². The molecular formula is C41H26N2O. The number of imidazole rings is 1. The molecule has 0 aliphatic rings. The molecule has 3 heteroatoms. The van der Waals surface area contributed by atoms with Crippen molar-refractivity contribution >= 4 is 43.7 Å². The third-order valence-electron chi connectivity index (χ3n) is 8.60. The summed E-state index contributed by atoms with van der Waals surface area (Å²) in [6.07, 6.45) is 0. The van der Waals surface area contributed by atoms with Gasteiger partial charge in [-0.2, -0.15) is 0 Å². The van der Waals surface area contributed by atoms with Gasteiger partial charge in [0, 0.05) is 27.6 Å². The molecule has 3 nitrogen and oxygen atoms in total. The van der Waals surface area contributed by atoms with Gasteiger partial charge in [0.2, 0.25) is 0 Å². The van der Waals surface area contributed by atoms with Gasteiger partial charge in [0.25, 0.3) is 0 Å². The Kier molecular flexibility index (Phi) is 5.50. The maximum absolute atomic E-state index is 6.52. The Hall–Kier alpha value is -5.93. The number of aromatic nitrogens is 2. The number of furan rings is 1. The van der Waals surface area contributed by atoms with Gasteiger partial charge in [-0.25, -0.2) is 4.98 Å². The minimum Gasteiger partial charge on any atom is -0.455 e. The van der Waals surface area contributed by atoms with Crippen molar-refractivity contribution < 1.29 is 4.42 Å². The second kappa shape index (κ2) is 9.82. The quantitative estimate of drug-likeness (QED) is 0.214. The summed E-state index contributed by atoms with van der Waals surface area (Å²) in [6.45, 7) is 0. The van der Waals surface area contributed by atoms with Crippen LogP contribution in [-0.4, -0.2) is 9.55 Å². The molecule has 0 spiro atoms. The molecule has 0 amide bonds. The third-order valence-corrected chi connectivity index (χ3v) is 8.60. The number of hydrogen-bond donors (Lipinski definition) is 0. The smallest absolute Gasteiger partial charge is 0.145 e. The molecule has 2 heterocycles. The zero-order valence-corrected chi connectivity index (χ0v) is 23.8. The standard InChI is InChI=1S/C41H26N2O/c1-3-11-27(12-4-1)30-21-24-37-36(26-30)42-41(29-13-5-2-6-14-29)43(37)32-22-19-28(20-23-32)39-33-16-8-7-15-31(33)25-35-34-17-9-10-18-38(34)44-40(35)39/h1-26H. The topological polar surface area (TPSA) is 31.0 Å². The lowest BCUT2D eigenvalue weighted by Gasteiger charge is -2.12. The minimum atomic E-state index is 0.905. The van der Waals surface area contributed by atoms with E-state index in [2.05, 4.69) is 138 Å². The van der Waals surface area contributed by atoms with E-state index in [1.807, 2.05) is 24.3 Å². The highest BCUT2D eigenvalue weighted by Gasteiger charge is 2.18. The fraction of sp³-hybridized carbons (Fsp3) is 0. The fourth-order valence-corrected chi connectivity index (χ4v) is 6.52. The summed E-state index contributed by atoms with van der Waals surface area (Å²) in [4.78, 5) is 5.18. The Balaban J connectivity index is 1.24. The van der Waals surface area contributed by atoms with Crippen molar-refractivity contribution in [1.29, 1.82) is 0 Å². The van der Waals surface area contributed by atoms with Crippen LogP contribution in [0.5, 0.6) is 0 Å². The van der Waals surface area contributed by atoms with Crippen molar-refractivity contribution in [3.8, 4) is 39.3 Å². The predicted octanol–water partition coefficient (Wildman–Crippen LogP) is 11.1. The summed E-state index contributed by atoms with van der Waals surface area (Å²) in [5.74, 6) is 0.920. The van der Waals surface area contributed by atoms with Crippen molar-refractivity contribution in [3.63, 3.8) is 0 Å². The van der Waals surface area contributed by atoms with Gasteiger partial charge in [0.1, 0.15) is 17.0 Å². The largest absolute Gasteiger partial charge is 0.455 e. The van der Waals surface area contributed by atoms with E-state index in [1.165, 1.54) is 16.3 Å². The van der Waals surface area contributed by atoms with Gasteiger partial charge in [-0.15, -0.1) is 0 Å². The van der Waals surface area contributed by atoms with Crippen molar-refractivity contribution in [2.45, 2.75) is 0 Å². The average molecular weight is 563 g/mol. The molecule has 0 saturated carbocycles. The third kappa shape index (κ3) is 3.87. The monoisotopic (exact) mass is 562 g/mol. The van der Waals surface area contributed by atoms with E-state index in [4.69, 9.17) is 9.40 Å². The summed E-state index contributed by atoms with van der Waals surface area (Å²) in [6, 6.07) is 55.4. The van der Waals surface area contributed by atoms with Crippen LogP contribution in [-0.2, 0) is 0 Å². The molecule has 9 rings (SSSR count). The normalized spacial score (nSPS) is 11.6. The fourth-order valence-electron chi connectivity index (χ4n) is 6.52. The highest BCUT2D eigenvalue weighted by molar-refractivity contribution is 6.18. The van der Waals surface area contributed by atoms with Crippen LogP contribution in [0.25, 0.3) is 83.1 Å². The Morgan fingerprint density at radius 2 is 1.14 bits per heavy atom. The van der Waals surface area contributed by atoms with E-state index < -0.39 is 0 Å². The second-order valence-corrected chi connectivity index (χ2v) is 11.2. The van der Waals surface area contributed by atoms with Crippen LogP contribution in [0, 0.1) is 0 Å². The van der Waals surface area contributed by atoms with Crippen molar-refractivity contribution in [2.75, 3.05) is 0 Å². The van der Waals surface area contributed by atoms with E-state index in [1.54, 1.807) is 0 Å². The Labute approximate surface area is 254 Å². The van der Waals surface area contributed by atoms with Gasteiger partial charge in [-0.1, -0.05) is 121 Å². The van der Waals surface area contributed by atoms with Crippen molar-refractivity contribution in [1.82, 2.24) is 9.55 Å². The molecule has 0 atom stereocenters. The van der Waals surface area contributed by atoms with E-state index in [-0.39, 0.29) is 0 Å². The lowest BCUT2D eigenvalue weighted by atomic mass is 9.95. The number of hydrogen-bond acceptors (Lipinski definition) is 2.